The van der Waals surface area contributed by atoms with E-state index >= 15 is 0 Å². The molecule has 24 heavy (non-hydrogen) atoms. The summed E-state index contributed by atoms with van der Waals surface area (Å²) in [5, 5.41) is 14.8. The van der Waals surface area contributed by atoms with E-state index in [1.165, 1.54) is 0 Å². The van der Waals surface area contributed by atoms with Crippen molar-refractivity contribution in [2.75, 3.05) is 5.32 Å². The fraction of sp³-hybridized carbons (Fsp3) is 0.0588. The number of amides is 1. The van der Waals surface area contributed by atoms with Gasteiger partial charge in [0, 0.05) is 42.3 Å². The van der Waals surface area contributed by atoms with E-state index in [0.29, 0.717) is 11.4 Å². The summed E-state index contributed by atoms with van der Waals surface area (Å²) in [6, 6.07) is 9.29. The molecular formula is C17H14N6O. The summed E-state index contributed by atoms with van der Waals surface area (Å²) in [5.41, 5.74) is 3.81. The van der Waals surface area contributed by atoms with Crippen LogP contribution in [0.2, 0.25) is 0 Å². The average molecular weight is 318 g/mol. The highest BCUT2D eigenvalue weighted by Crippen LogP contribution is 2.25. The molecule has 4 rings (SSSR count). The summed E-state index contributed by atoms with van der Waals surface area (Å²) < 4.78 is 1.74. The molecule has 0 aliphatic carbocycles. The van der Waals surface area contributed by atoms with Crippen molar-refractivity contribution in [1.29, 1.82) is 0 Å². The molecule has 0 aliphatic rings. The second kappa shape index (κ2) is 5.62. The Kier molecular flexibility index (Phi) is 3.31. The molecule has 0 aliphatic heterocycles. The minimum absolute atomic E-state index is 0.268. The van der Waals surface area contributed by atoms with Gasteiger partial charge in [-0.3, -0.25) is 19.6 Å². The first kappa shape index (κ1) is 14.1. The number of nitrogens with one attached hydrogen (secondary N) is 2. The lowest BCUT2D eigenvalue weighted by Gasteiger charge is -2.03. The molecule has 0 radical (unpaired) electrons. The van der Waals surface area contributed by atoms with Crippen LogP contribution in [0, 0.1) is 0 Å². The zero-order valence-corrected chi connectivity index (χ0v) is 12.9. The van der Waals surface area contributed by atoms with E-state index in [1.54, 1.807) is 35.4 Å². The molecule has 0 unspecified atom stereocenters. The van der Waals surface area contributed by atoms with Crippen LogP contribution in [0.5, 0.6) is 0 Å². The predicted octanol–water partition coefficient (Wildman–Crippen LogP) is 2.61. The SMILES string of the molecule is Cn1cc(-c2ccc3[nH]nc(C(=O)Nc4ccncc4)c3c2)cn1. The summed E-state index contributed by atoms with van der Waals surface area (Å²) in [7, 11) is 1.87. The third-order valence-corrected chi connectivity index (χ3v) is 3.75. The van der Waals surface area contributed by atoms with Crippen LogP contribution in [0.15, 0.2) is 55.1 Å². The molecule has 0 spiro atoms. The Morgan fingerprint density at radius 1 is 1.17 bits per heavy atom. The number of aromatic amines is 1. The normalized spacial score (nSPS) is 10.9. The van der Waals surface area contributed by atoms with Crippen LogP contribution in [-0.2, 0) is 7.05 Å². The van der Waals surface area contributed by atoms with Crippen LogP contribution in [0.25, 0.3) is 22.0 Å². The number of benzene rings is 1. The zero-order valence-electron chi connectivity index (χ0n) is 12.9. The van der Waals surface area contributed by atoms with Gasteiger partial charge in [-0.1, -0.05) is 6.07 Å². The zero-order chi connectivity index (χ0) is 16.5. The number of aryl methyl sites for hydroxylation is 1. The van der Waals surface area contributed by atoms with E-state index in [9.17, 15) is 4.79 Å². The van der Waals surface area contributed by atoms with Crippen molar-refractivity contribution >= 4 is 22.5 Å². The third-order valence-electron chi connectivity index (χ3n) is 3.75. The van der Waals surface area contributed by atoms with Crippen molar-refractivity contribution < 1.29 is 4.79 Å². The Hall–Kier alpha value is -3.48. The van der Waals surface area contributed by atoms with Gasteiger partial charge in [0.2, 0.25) is 0 Å². The smallest absolute Gasteiger partial charge is 0.276 e. The van der Waals surface area contributed by atoms with Gasteiger partial charge in [0.15, 0.2) is 5.69 Å². The van der Waals surface area contributed by atoms with E-state index in [4.69, 9.17) is 0 Å². The maximum absolute atomic E-state index is 12.5. The van der Waals surface area contributed by atoms with Crippen molar-refractivity contribution in [1.82, 2.24) is 25.0 Å². The van der Waals surface area contributed by atoms with Gasteiger partial charge < -0.3 is 5.32 Å². The minimum Gasteiger partial charge on any atom is -0.320 e. The Balaban J connectivity index is 1.72. The maximum Gasteiger partial charge on any atom is 0.276 e. The van der Waals surface area contributed by atoms with Crippen molar-refractivity contribution in [3.8, 4) is 11.1 Å². The molecule has 3 aromatic heterocycles. The second-order valence-corrected chi connectivity index (χ2v) is 5.43. The van der Waals surface area contributed by atoms with E-state index in [0.717, 1.165) is 22.0 Å². The molecule has 2 N–H and O–H groups in total. The average Bonchev–Trinajstić information content (AvgIpc) is 3.21. The Morgan fingerprint density at radius 2 is 2.00 bits per heavy atom. The Labute approximate surface area is 137 Å². The molecule has 0 atom stereocenters. The maximum atomic E-state index is 12.5. The van der Waals surface area contributed by atoms with Crippen molar-refractivity contribution in [3.63, 3.8) is 0 Å². The van der Waals surface area contributed by atoms with Gasteiger partial charge in [0.05, 0.1) is 11.7 Å². The van der Waals surface area contributed by atoms with Gasteiger partial charge in [0.25, 0.3) is 5.91 Å². The number of anilines is 1. The number of nitrogens with zero attached hydrogens (tertiary/aromatic N) is 4. The molecular weight excluding hydrogens is 304 g/mol. The highest BCUT2D eigenvalue weighted by atomic mass is 16.1. The third kappa shape index (κ3) is 2.52. The summed E-state index contributed by atoms with van der Waals surface area (Å²) >= 11 is 0. The van der Waals surface area contributed by atoms with Crippen LogP contribution in [-0.4, -0.2) is 30.9 Å². The summed E-state index contributed by atoms with van der Waals surface area (Å²) in [6.45, 7) is 0. The van der Waals surface area contributed by atoms with Gasteiger partial charge in [-0.2, -0.15) is 10.2 Å². The van der Waals surface area contributed by atoms with Crippen molar-refractivity contribution in [2.45, 2.75) is 0 Å². The molecule has 1 aromatic carbocycles. The van der Waals surface area contributed by atoms with Crippen LogP contribution < -0.4 is 5.32 Å². The molecule has 1 amide bonds. The largest absolute Gasteiger partial charge is 0.320 e. The molecule has 4 aromatic rings. The van der Waals surface area contributed by atoms with Crippen LogP contribution in [0.3, 0.4) is 0 Å². The predicted molar refractivity (Wildman–Crippen MR) is 90.5 cm³/mol. The molecule has 0 saturated carbocycles. The fourth-order valence-corrected chi connectivity index (χ4v) is 2.56. The number of rotatable bonds is 3. The number of aromatic nitrogens is 5. The number of fused-ring (bicyclic) bond motifs is 1. The van der Waals surface area contributed by atoms with Crippen LogP contribution in [0.4, 0.5) is 5.69 Å². The standard InChI is InChI=1S/C17H14N6O/c1-23-10-12(9-19-23)11-2-3-15-14(8-11)16(22-21-15)17(24)20-13-4-6-18-7-5-13/h2-10H,1H3,(H,21,22)(H,18,20,24). The summed E-state index contributed by atoms with van der Waals surface area (Å²) in [5.74, 6) is -0.268. The number of pyridine rings is 1. The lowest BCUT2D eigenvalue weighted by atomic mass is 10.1. The number of carbonyl (C=O) groups excluding carboxylic acids is 1. The fourth-order valence-electron chi connectivity index (χ4n) is 2.56. The molecule has 118 valence electrons. The summed E-state index contributed by atoms with van der Waals surface area (Å²) in [6.07, 6.45) is 6.97. The number of hydrogen-bond acceptors (Lipinski definition) is 4. The van der Waals surface area contributed by atoms with Crippen LogP contribution in [0.1, 0.15) is 10.5 Å². The van der Waals surface area contributed by atoms with E-state index < -0.39 is 0 Å². The molecule has 7 heteroatoms. The van der Waals surface area contributed by atoms with Gasteiger partial charge in [0.1, 0.15) is 0 Å². The molecule has 7 nitrogen and oxygen atoms in total. The molecule has 0 bridgehead atoms. The molecule has 3 heterocycles. The second-order valence-electron chi connectivity index (χ2n) is 5.43. The van der Waals surface area contributed by atoms with Gasteiger partial charge in [-0.25, -0.2) is 0 Å². The van der Waals surface area contributed by atoms with E-state index in [2.05, 4.69) is 25.6 Å². The highest BCUT2D eigenvalue weighted by Gasteiger charge is 2.15. The Bertz CT molecular complexity index is 1020. The van der Waals surface area contributed by atoms with Crippen molar-refractivity contribution in [3.05, 3.63) is 60.8 Å². The quantitative estimate of drug-likeness (QED) is 0.608. The topological polar surface area (TPSA) is 88.5 Å². The highest BCUT2D eigenvalue weighted by molar-refractivity contribution is 6.11. The first-order valence-electron chi connectivity index (χ1n) is 7.39. The number of carbonyl (C=O) groups is 1. The minimum atomic E-state index is -0.268. The van der Waals surface area contributed by atoms with Gasteiger partial charge in [-0.05, 0) is 29.8 Å². The lowest BCUT2D eigenvalue weighted by Crippen LogP contribution is -2.12. The Morgan fingerprint density at radius 3 is 2.75 bits per heavy atom. The lowest BCUT2D eigenvalue weighted by molar-refractivity contribution is 0.102. The number of H-pyrrole nitrogens is 1. The van der Waals surface area contributed by atoms with Crippen LogP contribution >= 0.6 is 0 Å². The monoisotopic (exact) mass is 318 g/mol. The number of hydrogen-bond donors (Lipinski definition) is 2. The summed E-state index contributed by atoms with van der Waals surface area (Å²) in [4.78, 5) is 16.4. The van der Waals surface area contributed by atoms with Gasteiger partial charge >= 0.3 is 0 Å². The van der Waals surface area contributed by atoms with Gasteiger partial charge in [-0.15, -0.1) is 0 Å². The first-order chi connectivity index (χ1) is 11.7. The van der Waals surface area contributed by atoms with Crippen molar-refractivity contribution in [2.24, 2.45) is 7.05 Å². The molecule has 0 saturated heterocycles. The molecule has 0 fully saturated rings. The van der Waals surface area contributed by atoms with E-state index in [-0.39, 0.29) is 5.91 Å². The van der Waals surface area contributed by atoms with E-state index in [1.807, 2.05) is 31.4 Å². The first-order valence-corrected chi connectivity index (χ1v) is 7.39.